The number of aromatic nitrogens is 1. The summed E-state index contributed by atoms with van der Waals surface area (Å²) in [5.41, 5.74) is 9.63. The molecule has 2 heterocycles. The van der Waals surface area contributed by atoms with Crippen molar-refractivity contribution >= 4 is 10.9 Å². The fourth-order valence-electron chi connectivity index (χ4n) is 3.28. The molecule has 1 saturated heterocycles. The van der Waals surface area contributed by atoms with Crippen LogP contribution in [-0.2, 0) is 6.54 Å². The van der Waals surface area contributed by atoms with Crippen LogP contribution in [0, 0.1) is 12.8 Å². The topological polar surface area (TPSA) is 42.1 Å². The zero-order chi connectivity index (χ0) is 14.1. The molecule has 1 aliphatic rings. The Labute approximate surface area is 120 Å². The third-order valence-corrected chi connectivity index (χ3v) is 4.07. The van der Waals surface area contributed by atoms with E-state index in [-0.39, 0.29) is 0 Å². The average Bonchev–Trinajstić information content (AvgIpc) is 2.38. The molecule has 2 atom stereocenters. The summed E-state index contributed by atoms with van der Waals surface area (Å²) in [5, 5.41) is 1.22. The number of nitrogens with two attached hydrogens (primary N) is 1. The van der Waals surface area contributed by atoms with Gasteiger partial charge in [0.05, 0.1) is 5.52 Å². The van der Waals surface area contributed by atoms with Crippen molar-refractivity contribution in [3.63, 3.8) is 0 Å². The van der Waals surface area contributed by atoms with Crippen molar-refractivity contribution in [1.82, 2.24) is 9.88 Å². The number of rotatable bonds is 2. The lowest BCUT2D eigenvalue weighted by Gasteiger charge is -2.34. The van der Waals surface area contributed by atoms with Gasteiger partial charge in [-0.1, -0.05) is 19.1 Å². The Morgan fingerprint density at radius 3 is 2.90 bits per heavy atom. The summed E-state index contributed by atoms with van der Waals surface area (Å²) < 4.78 is 0. The molecule has 1 fully saturated rings. The first-order chi connectivity index (χ1) is 9.60. The third-order valence-electron chi connectivity index (χ3n) is 4.07. The van der Waals surface area contributed by atoms with Crippen molar-refractivity contribution in [2.24, 2.45) is 11.7 Å². The van der Waals surface area contributed by atoms with Gasteiger partial charge in [0.1, 0.15) is 0 Å². The number of piperidine rings is 1. The minimum Gasteiger partial charge on any atom is -0.327 e. The van der Waals surface area contributed by atoms with Crippen molar-refractivity contribution in [2.75, 3.05) is 13.1 Å². The molecule has 1 aliphatic heterocycles. The van der Waals surface area contributed by atoms with Crippen LogP contribution in [0.25, 0.3) is 10.9 Å². The molecule has 106 valence electrons. The molecule has 0 amide bonds. The standard InChI is InChI=1S/C17H23N3/c1-12-7-16(18)11-20(9-12)10-14-4-6-17-15(8-14)5-3-13(2)19-17/h3-6,8,12,16H,7,9-11,18H2,1-2H3. The minimum atomic E-state index is 0.323. The second kappa shape index (κ2) is 5.51. The number of aryl methyl sites for hydroxylation is 1. The smallest absolute Gasteiger partial charge is 0.0705 e. The van der Waals surface area contributed by atoms with Crippen LogP contribution in [0.5, 0.6) is 0 Å². The molecule has 1 aromatic heterocycles. The predicted octanol–water partition coefficient (Wildman–Crippen LogP) is 2.71. The summed E-state index contributed by atoms with van der Waals surface area (Å²) in [6.07, 6.45) is 1.15. The van der Waals surface area contributed by atoms with E-state index in [1.54, 1.807) is 0 Å². The second-order valence-electron chi connectivity index (χ2n) is 6.27. The van der Waals surface area contributed by atoms with Gasteiger partial charge in [0, 0.05) is 36.8 Å². The van der Waals surface area contributed by atoms with E-state index in [9.17, 15) is 0 Å². The fraction of sp³-hybridized carbons (Fsp3) is 0.471. The minimum absolute atomic E-state index is 0.323. The summed E-state index contributed by atoms with van der Waals surface area (Å²) >= 11 is 0. The Kier molecular flexibility index (Phi) is 3.72. The number of likely N-dealkylation sites (tertiary alicyclic amines) is 1. The molecule has 3 nitrogen and oxygen atoms in total. The quantitative estimate of drug-likeness (QED) is 0.911. The molecular weight excluding hydrogens is 246 g/mol. The normalized spacial score (nSPS) is 24.1. The maximum absolute atomic E-state index is 6.12. The molecule has 0 bridgehead atoms. The Hall–Kier alpha value is -1.45. The van der Waals surface area contributed by atoms with Crippen LogP contribution in [0.4, 0.5) is 0 Å². The zero-order valence-corrected chi connectivity index (χ0v) is 12.3. The van der Waals surface area contributed by atoms with E-state index < -0.39 is 0 Å². The van der Waals surface area contributed by atoms with E-state index in [4.69, 9.17) is 5.73 Å². The molecule has 1 aromatic carbocycles. The first-order valence-corrected chi connectivity index (χ1v) is 7.44. The van der Waals surface area contributed by atoms with Crippen LogP contribution >= 0.6 is 0 Å². The number of hydrogen-bond acceptors (Lipinski definition) is 3. The molecule has 3 rings (SSSR count). The number of nitrogens with zero attached hydrogens (tertiary/aromatic N) is 2. The van der Waals surface area contributed by atoms with E-state index in [2.05, 4.69) is 47.1 Å². The molecule has 2 N–H and O–H groups in total. The van der Waals surface area contributed by atoms with Gasteiger partial charge < -0.3 is 5.73 Å². The van der Waals surface area contributed by atoms with Gasteiger partial charge in [-0.05, 0) is 43.0 Å². The fourth-order valence-corrected chi connectivity index (χ4v) is 3.28. The highest BCUT2D eigenvalue weighted by Gasteiger charge is 2.21. The van der Waals surface area contributed by atoms with Gasteiger partial charge in [0.2, 0.25) is 0 Å². The summed E-state index contributed by atoms with van der Waals surface area (Å²) in [7, 11) is 0. The van der Waals surface area contributed by atoms with Gasteiger partial charge >= 0.3 is 0 Å². The highest BCUT2D eigenvalue weighted by atomic mass is 15.1. The molecule has 0 spiro atoms. The summed E-state index contributed by atoms with van der Waals surface area (Å²) in [6.45, 7) is 7.47. The van der Waals surface area contributed by atoms with Crippen LogP contribution in [0.1, 0.15) is 24.6 Å². The maximum atomic E-state index is 6.12. The summed E-state index contributed by atoms with van der Waals surface area (Å²) in [5.74, 6) is 0.698. The Morgan fingerprint density at radius 1 is 1.25 bits per heavy atom. The van der Waals surface area contributed by atoms with E-state index >= 15 is 0 Å². The lowest BCUT2D eigenvalue weighted by molar-refractivity contribution is 0.158. The molecule has 2 aromatic rings. The lowest BCUT2D eigenvalue weighted by Crippen LogP contribution is -2.45. The summed E-state index contributed by atoms with van der Waals surface area (Å²) in [4.78, 5) is 7.03. The largest absolute Gasteiger partial charge is 0.327 e. The van der Waals surface area contributed by atoms with Crippen molar-refractivity contribution < 1.29 is 0 Å². The number of fused-ring (bicyclic) bond motifs is 1. The van der Waals surface area contributed by atoms with Crippen molar-refractivity contribution in [3.8, 4) is 0 Å². The molecular formula is C17H23N3. The number of benzene rings is 1. The molecule has 2 unspecified atom stereocenters. The molecule has 3 heteroatoms. The van der Waals surface area contributed by atoms with Gasteiger partial charge in [-0.3, -0.25) is 9.88 Å². The van der Waals surface area contributed by atoms with Gasteiger partial charge in [-0.2, -0.15) is 0 Å². The second-order valence-corrected chi connectivity index (χ2v) is 6.27. The SMILES string of the molecule is Cc1ccc2cc(CN3CC(C)CC(N)C3)ccc2n1. The van der Waals surface area contributed by atoms with Gasteiger partial charge in [0.15, 0.2) is 0 Å². The van der Waals surface area contributed by atoms with Gasteiger partial charge in [-0.15, -0.1) is 0 Å². The molecule has 0 radical (unpaired) electrons. The van der Waals surface area contributed by atoms with Crippen molar-refractivity contribution in [3.05, 3.63) is 41.6 Å². The van der Waals surface area contributed by atoms with Crippen molar-refractivity contribution in [1.29, 1.82) is 0 Å². The van der Waals surface area contributed by atoms with Crippen LogP contribution < -0.4 is 5.73 Å². The van der Waals surface area contributed by atoms with Crippen molar-refractivity contribution in [2.45, 2.75) is 32.9 Å². The zero-order valence-electron chi connectivity index (χ0n) is 12.3. The lowest BCUT2D eigenvalue weighted by atomic mass is 9.96. The van der Waals surface area contributed by atoms with E-state index in [1.165, 1.54) is 10.9 Å². The Bertz CT molecular complexity index is 598. The Balaban J connectivity index is 1.79. The van der Waals surface area contributed by atoms with E-state index in [1.807, 2.05) is 6.92 Å². The highest BCUT2D eigenvalue weighted by molar-refractivity contribution is 5.79. The van der Waals surface area contributed by atoms with Crippen LogP contribution in [-0.4, -0.2) is 29.0 Å². The van der Waals surface area contributed by atoms with Crippen LogP contribution in [0.2, 0.25) is 0 Å². The van der Waals surface area contributed by atoms with E-state index in [0.29, 0.717) is 12.0 Å². The van der Waals surface area contributed by atoms with Crippen LogP contribution in [0.15, 0.2) is 30.3 Å². The van der Waals surface area contributed by atoms with E-state index in [0.717, 1.165) is 37.3 Å². The maximum Gasteiger partial charge on any atom is 0.0705 e. The van der Waals surface area contributed by atoms with Gasteiger partial charge in [-0.25, -0.2) is 0 Å². The summed E-state index contributed by atoms with van der Waals surface area (Å²) in [6, 6.07) is 11.1. The highest BCUT2D eigenvalue weighted by Crippen LogP contribution is 2.20. The predicted molar refractivity (Wildman–Crippen MR) is 83.5 cm³/mol. The number of hydrogen-bond donors (Lipinski definition) is 1. The Morgan fingerprint density at radius 2 is 2.10 bits per heavy atom. The first-order valence-electron chi connectivity index (χ1n) is 7.44. The number of pyridine rings is 1. The van der Waals surface area contributed by atoms with Crippen LogP contribution in [0.3, 0.4) is 0 Å². The molecule has 0 saturated carbocycles. The average molecular weight is 269 g/mol. The van der Waals surface area contributed by atoms with Gasteiger partial charge in [0.25, 0.3) is 0 Å². The monoisotopic (exact) mass is 269 g/mol. The molecule has 20 heavy (non-hydrogen) atoms. The molecule has 0 aliphatic carbocycles. The first kappa shape index (κ1) is 13.5. The third kappa shape index (κ3) is 3.00.